The molecule has 1 heterocycles. The minimum atomic E-state index is -0.527. The SMILES string of the molecule is CCNNC(=O)CCOCCNC(=O)CCN1C(=O)CC(SN=P)C1=O. The molecule has 3 N–H and O–H groups in total. The zero-order valence-electron chi connectivity index (χ0n) is 14.6. The minimum Gasteiger partial charge on any atom is -0.379 e. The van der Waals surface area contributed by atoms with Crippen LogP contribution in [0.4, 0.5) is 0 Å². The summed E-state index contributed by atoms with van der Waals surface area (Å²) in [6, 6.07) is 0. The first-order valence-corrected chi connectivity index (χ1v) is 9.50. The number of likely N-dealkylation sites (tertiary alicyclic amines) is 1. The van der Waals surface area contributed by atoms with Gasteiger partial charge in [-0.1, -0.05) is 6.92 Å². The molecule has 10 nitrogen and oxygen atoms in total. The third-order valence-electron chi connectivity index (χ3n) is 3.39. The van der Waals surface area contributed by atoms with Crippen LogP contribution in [-0.2, 0) is 23.9 Å². The number of carbonyl (C=O) groups excluding carboxylic acids is 4. The number of imide groups is 1. The topological polar surface area (TPSA) is 129 Å². The molecule has 0 aromatic carbocycles. The predicted molar refractivity (Wildman–Crippen MR) is 98.3 cm³/mol. The second-order valence-electron chi connectivity index (χ2n) is 5.31. The van der Waals surface area contributed by atoms with Gasteiger partial charge in [0.1, 0.15) is 5.25 Å². The predicted octanol–water partition coefficient (Wildman–Crippen LogP) is -0.358. The third kappa shape index (κ3) is 8.22. The van der Waals surface area contributed by atoms with E-state index >= 15 is 0 Å². The largest absolute Gasteiger partial charge is 0.379 e. The van der Waals surface area contributed by atoms with Crippen LogP contribution in [0.1, 0.15) is 26.2 Å². The summed E-state index contributed by atoms with van der Waals surface area (Å²) in [5.41, 5.74) is 5.19. The molecule has 1 fully saturated rings. The molecule has 1 atom stereocenters. The molecule has 1 aliphatic rings. The lowest BCUT2D eigenvalue weighted by Crippen LogP contribution is -2.37. The molecule has 26 heavy (non-hydrogen) atoms. The van der Waals surface area contributed by atoms with Crippen molar-refractivity contribution in [3.05, 3.63) is 0 Å². The van der Waals surface area contributed by atoms with E-state index in [-0.39, 0.29) is 69.2 Å². The van der Waals surface area contributed by atoms with Gasteiger partial charge in [0.15, 0.2) is 0 Å². The Morgan fingerprint density at radius 3 is 2.77 bits per heavy atom. The zero-order valence-corrected chi connectivity index (χ0v) is 16.4. The number of amides is 4. The quantitative estimate of drug-likeness (QED) is 0.125. The van der Waals surface area contributed by atoms with Gasteiger partial charge >= 0.3 is 0 Å². The van der Waals surface area contributed by atoms with E-state index in [0.717, 1.165) is 16.8 Å². The van der Waals surface area contributed by atoms with Gasteiger partial charge in [0, 0.05) is 41.5 Å². The standard InChI is InChI=1S/C14H24N5O5PS/c1-2-16-17-12(21)4-7-24-8-5-15-11(20)3-6-19-13(22)9-10(14(19)23)26-18-25/h10,16,25H,2-9H2,1H3,(H,15,20)(H,17,21). The Balaban J connectivity index is 2.10. The highest BCUT2D eigenvalue weighted by Crippen LogP contribution is 2.26. The number of carbonyl (C=O) groups is 4. The van der Waals surface area contributed by atoms with Crippen molar-refractivity contribution in [1.29, 1.82) is 0 Å². The van der Waals surface area contributed by atoms with E-state index in [4.69, 9.17) is 4.74 Å². The average molecular weight is 405 g/mol. The van der Waals surface area contributed by atoms with E-state index in [9.17, 15) is 19.2 Å². The van der Waals surface area contributed by atoms with E-state index in [0.29, 0.717) is 6.54 Å². The molecule has 1 unspecified atom stereocenters. The Morgan fingerprint density at radius 2 is 2.08 bits per heavy atom. The van der Waals surface area contributed by atoms with Crippen LogP contribution in [0.5, 0.6) is 0 Å². The Bertz CT molecular complexity index is 536. The van der Waals surface area contributed by atoms with Crippen LogP contribution < -0.4 is 16.2 Å². The summed E-state index contributed by atoms with van der Waals surface area (Å²) in [5, 5.41) is 2.11. The van der Waals surface area contributed by atoms with Crippen molar-refractivity contribution >= 4 is 44.6 Å². The van der Waals surface area contributed by atoms with Gasteiger partial charge in [-0.3, -0.25) is 29.5 Å². The number of hydrogen-bond donors (Lipinski definition) is 3. The van der Waals surface area contributed by atoms with Gasteiger partial charge in [0.2, 0.25) is 23.6 Å². The van der Waals surface area contributed by atoms with Gasteiger partial charge < -0.3 is 10.1 Å². The van der Waals surface area contributed by atoms with E-state index in [2.05, 4.69) is 29.4 Å². The smallest absolute Gasteiger partial charge is 0.244 e. The lowest BCUT2D eigenvalue weighted by molar-refractivity contribution is -0.138. The van der Waals surface area contributed by atoms with E-state index in [1.165, 1.54) is 0 Å². The fourth-order valence-corrected chi connectivity index (χ4v) is 3.06. The van der Waals surface area contributed by atoms with Crippen LogP contribution in [0.3, 0.4) is 0 Å². The average Bonchev–Trinajstić information content (AvgIpc) is 2.88. The zero-order chi connectivity index (χ0) is 19.4. The Labute approximate surface area is 158 Å². The van der Waals surface area contributed by atoms with Crippen LogP contribution in [0.25, 0.3) is 0 Å². The van der Waals surface area contributed by atoms with Gasteiger partial charge in [0.05, 0.1) is 19.6 Å². The first-order valence-electron chi connectivity index (χ1n) is 8.22. The second kappa shape index (κ2) is 12.7. The van der Waals surface area contributed by atoms with Crippen molar-refractivity contribution < 1.29 is 23.9 Å². The number of nitrogens with zero attached hydrogens (tertiary/aromatic N) is 2. The molecule has 0 radical (unpaired) electrons. The molecular formula is C14H24N5O5PS. The summed E-state index contributed by atoms with van der Waals surface area (Å²) in [6.45, 7) is 3.36. The van der Waals surface area contributed by atoms with Crippen molar-refractivity contribution in [3.63, 3.8) is 0 Å². The van der Waals surface area contributed by atoms with Gasteiger partial charge in [0.25, 0.3) is 0 Å². The Morgan fingerprint density at radius 1 is 1.31 bits per heavy atom. The van der Waals surface area contributed by atoms with Gasteiger partial charge in [-0.25, -0.2) is 9.58 Å². The fourth-order valence-electron chi connectivity index (χ4n) is 2.11. The molecular weight excluding hydrogens is 381 g/mol. The number of hydrogen-bond acceptors (Lipinski definition) is 8. The summed E-state index contributed by atoms with van der Waals surface area (Å²) < 4.78 is 8.87. The highest BCUT2D eigenvalue weighted by atomic mass is 32.2. The normalized spacial score (nSPS) is 16.7. The minimum absolute atomic E-state index is 0.0327. The molecule has 0 aromatic heterocycles. The Kier molecular flexibility index (Phi) is 11.0. The maximum Gasteiger partial charge on any atom is 0.244 e. The van der Waals surface area contributed by atoms with E-state index in [1.54, 1.807) is 0 Å². The molecule has 1 saturated heterocycles. The van der Waals surface area contributed by atoms with Gasteiger partial charge in [-0.2, -0.15) is 0 Å². The van der Waals surface area contributed by atoms with Crippen LogP contribution in [0.15, 0.2) is 4.15 Å². The molecule has 0 bridgehead atoms. The van der Waals surface area contributed by atoms with Crippen LogP contribution in [0.2, 0.25) is 0 Å². The number of hydrazine groups is 1. The second-order valence-corrected chi connectivity index (χ2v) is 6.82. The summed E-state index contributed by atoms with van der Waals surface area (Å²) >= 11 is 0.993. The molecule has 146 valence electrons. The Hall–Kier alpha value is -1.55. The molecule has 0 aromatic rings. The van der Waals surface area contributed by atoms with Crippen LogP contribution in [-0.4, -0.2) is 66.6 Å². The van der Waals surface area contributed by atoms with Crippen molar-refractivity contribution in [3.8, 4) is 0 Å². The van der Waals surface area contributed by atoms with E-state index in [1.807, 2.05) is 6.92 Å². The highest BCUT2D eigenvalue weighted by Gasteiger charge is 2.38. The van der Waals surface area contributed by atoms with Crippen molar-refractivity contribution in [2.45, 2.75) is 31.4 Å². The van der Waals surface area contributed by atoms with Crippen LogP contribution >= 0.6 is 21.0 Å². The maximum atomic E-state index is 12.0. The van der Waals surface area contributed by atoms with Crippen LogP contribution in [0, 0.1) is 0 Å². The molecule has 4 amide bonds. The molecule has 0 spiro atoms. The lowest BCUT2D eigenvalue weighted by Gasteiger charge is -2.14. The van der Waals surface area contributed by atoms with Crippen molar-refractivity contribution in [2.75, 3.05) is 32.8 Å². The summed E-state index contributed by atoms with van der Waals surface area (Å²) in [5.74, 6) is -1.07. The molecule has 1 rings (SSSR count). The first-order chi connectivity index (χ1) is 12.5. The first kappa shape index (κ1) is 22.5. The molecule has 0 aliphatic carbocycles. The van der Waals surface area contributed by atoms with E-state index < -0.39 is 5.25 Å². The summed E-state index contributed by atoms with van der Waals surface area (Å²) in [4.78, 5) is 47.9. The lowest BCUT2D eigenvalue weighted by atomic mass is 10.3. The third-order valence-corrected chi connectivity index (χ3v) is 4.44. The summed E-state index contributed by atoms with van der Waals surface area (Å²) in [7, 11) is 2.91. The monoisotopic (exact) mass is 405 g/mol. The fraction of sp³-hybridized carbons (Fsp3) is 0.714. The molecule has 1 aliphatic heterocycles. The molecule has 0 saturated carbocycles. The number of rotatable bonds is 13. The van der Waals surface area contributed by atoms with Crippen molar-refractivity contribution in [1.82, 2.24) is 21.1 Å². The maximum absolute atomic E-state index is 12.0. The number of ether oxygens (including phenoxy) is 1. The van der Waals surface area contributed by atoms with Gasteiger partial charge in [-0.15, -0.1) is 0 Å². The number of nitrogens with one attached hydrogen (secondary N) is 3. The highest BCUT2D eigenvalue weighted by molar-refractivity contribution is 8.00. The molecule has 12 heteroatoms. The van der Waals surface area contributed by atoms with Gasteiger partial charge in [-0.05, 0) is 11.9 Å². The van der Waals surface area contributed by atoms with Crippen molar-refractivity contribution in [2.24, 2.45) is 4.15 Å². The summed E-state index contributed by atoms with van der Waals surface area (Å²) in [6.07, 6.45) is 0.346.